The van der Waals surface area contributed by atoms with E-state index in [2.05, 4.69) is 10.6 Å². The summed E-state index contributed by atoms with van der Waals surface area (Å²) in [5, 5.41) is 73.5. The molecule has 55 heavy (non-hydrogen) atoms. The Morgan fingerprint density at radius 2 is 1.05 bits per heavy atom. The summed E-state index contributed by atoms with van der Waals surface area (Å²) in [6.07, 6.45) is -15.3. The SMILES string of the molecule is CCOc1c(NCCO[C@H]2OC(CCC(=O)O)[C@@H](O)[C@H](O)C2O)c(=O)c1=O.CCOc1c(NCCO[C@H]2OC(CCP(=O)(O)O)[C@@H](O)[C@H](O)C2O)c(=O)c1=O. The monoisotopic (exact) mass is 814 g/mol. The molecular weight excluding hydrogens is 767 g/mol. The third-order valence-electron chi connectivity index (χ3n) is 8.37. The molecule has 0 aromatic heterocycles. The summed E-state index contributed by atoms with van der Waals surface area (Å²) in [5.74, 6) is -1.19. The standard InChI is InChI=1S/C16H23NO10.C15H24NO11P/c1-2-25-15-9(11(21)13(15)23)17-5-6-26-16-14(24)12(22)10(20)7(27-16)3-4-8(18)19;1-2-25-14-8(10(18)12(14)20)16-4-5-26-15-13(21)11(19)9(17)7(27-15)3-6-28(22,23)24/h7,10,12,14,16-17,20,22,24H,2-6H2,1H3,(H,18,19);7,9,11,13,15-17,19,21H,2-6H2,1H3,(H2,22,23,24)/t7?,10-,12+,14?,16+;7?,9-,11+,13?,15+/m11/s1. The molecule has 2 aromatic carbocycles. The molecule has 0 saturated carbocycles. The van der Waals surface area contributed by atoms with Gasteiger partial charge in [0.25, 0.3) is 21.7 Å². The molecule has 11 N–H and O–H groups in total. The van der Waals surface area contributed by atoms with Crippen molar-refractivity contribution in [3.8, 4) is 11.5 Å². The van der Waals surface area contributed by atoms with Crippen LogP contribution in [0.1, 0.15) is 33.1 Å². The van der Waals surface area contributed by atoms with Gasteiger partial charge in [-0.05, 0) is 26.7 Å². The van der Waals surface area contributed by atoms with E-state index in [1.165, 1.54) is 0 Å². The molecule has 10 atom stereocenters. The van der Waals surface area contributed by atoms with Crippen LogP contribution in [0.4, 0.5) is 11.4 Å². The van der Waals surface area contributed by atoms with E-state index in [4.69, 9.17) is 43.3 Å². The minimum atomic E-state index is -4.33. The van der Waals surface area contributed by atoms with Gasteiger partial charge < -0.3 is 84.6 Å². The minimum absolute atomic E-state index is 0.0236. The summed E-state index contributed by atoms with van der Waals surface area (Å²) in [5.41, 5.74) is -2.76. The van der Waals surface area contributed by atoms with Crippen molar-refractivity contribution in [3.05, 3.63) is 40.9 Å². The van der Waals surface area contributed by atoms with E-state index in [-0.39, 0.29) is 81.7 Å². The van der Waals surface area contributed by atoms with Crippen molar-refractivity contribution >= 4 is 24.9 Å². The molecule has 2 heterocycles. The van der Waals surface area contributed by atoms with Gasteiger partial charge in [0.15, 0.2) is 24.1 Å². The Balaban J connectivity index is 0.000000296. The fourth-order valence-corrected chi connectivity index (χ4v) is 6.07. The van der Waals surface area contributed by atoms with Crippen molar-refractivity contribution in [2.75, 3.05) is 56.3 Å². The number of hydrogen-bond donors (Lipinski definition) is 11. The van der Waals surface area contributed by atoms with Crippen LogP contribution in [-0.4, -0.2) is 159 Å². The van der Waals surface area contributed by atoms with E-state index in [1.807, 2.05) is 0 Å². The lowest BCUT2D eigenvalue weighted by atomic mass is 9.96. The van der Waals surface area contributed by atoms with Gasteiger partial charge in [0, 0.05) is 19.5 Å². The zero-order valence-electron chi connectivity index (χ0n) is 29.7. The molecule has 2 aliphatic heterocycles. The summed E-state index contributed by atoms with van der Waals surface area (Å²) < 4.78 is 42.3. The van der Waals surface area contributed by atoms with E-state index in [0.717, 1.165) is 0 Å². The minimum Gasteiger partial charge on any atom is -0.488 e. The number of anilines is 2. The average molecular weight is 815 g/mol. The van der Waals surface area contributed by atoms with Crippen LogP contribution in [0.5, 0.6) is 11.5 Å². The van der Waals surface area contributed by atoms with Crippen LogP contribution in [-0.2, 0) is 28.3 Å². The second-order valence-corrected chi connectivity index (χ2v) is 14.1. The maximum atomic E-state index is 11.5. The van der Waals surface area contributed by atoms with Crippen molar-refractivity contribution in [1.82, 2.24) is 0 Å². The molecule has 2 aromatic rings. The fourth-order valence-electron chi connectivity index (χ4n) is 5.48. The highest BCUT2D eigenvalue weighted by Gasteiger charge is 2.45. The van der Waals surface area contributed by atoms with Gasteiger partial charge >= 0.3 is 13.6 Å². The predicted molar refractivity (Wildman–Crippen MR) is 186 cm³/mol. The fraction of sp³-hybridized carbons (Fsp3) is 0.710. The van der Waals surface area contributed by atoms with Crippen molar-refractivity contribution in [1.29, 1.82) is 0 Å². The molecule has 312 valence electrons. The van der Waals surface area contributed by atoms with Crippen molar-refractivity contribution in [3.63, 3.8) is 0 Å². The molecule has 23 nitrogen and oxygen atoms in total. The molecule has 2 fully saturated rings. The number of carboxylic acid groups (broad SMARTS) is 1. The van der Waals surface area contributed by atoms with Crippen molar-refractivity contribution in [2.24, 2.45) is 0 Å². The second kappa shape index (κ2) is 20.7. The molecule has 0 amide bonds. The van der Waals surface area contributed by atoms with Crippen LogP contribution in [0.2, 0.25) is 0 Å². The van der Waals surface area contributed by atoms with E-state index >= 15 is 0 Å². The van der Waals surface area contributed by atoms with Gasteiger partial charge in [0.1, 0.15) is 48.0 Å². The number of aliphatic hydroxyl groups excluding tert-OH is 6. The normalized spacial score (nSPS) is 28.3. The van der Waals surface area contributed by atoms with Gasteiger partial charge in [-0.1, -0.05) is 0 Å². The number of carboxylic acids is 1. The maximum Gasteiger partial charge on any atom is 0.325 e. The first-order chi connectivity index (χ1) is 25.8. The van der Waals surface area contributed by atoms with Gasteiger partial charge in [0.05, 0.1) is 44.8 Å². The van der Waals surface area contributed by atoms with Gasteiger partial charge in [-0.15, -0.1) is 0 Å². The summed E-state index contributed by atoms with van der Waals surface area (Å²) in [4.78, 5) is 74.2. The Morgan fingerprint density at radius 3 is 1.42 bits per heavy atom. The number of rotatable bonds is 20. The Morgan fingerprint density at radius 1 is 0.655 bits per heavy atom. The first kappa shape index (κ1) is 46.0. The summed E-state index contributed by atoms with van der Waals surface area (Å²) in [6, 6.07) is 0. The molecular formula is C31H47N2O21P. The lowest BCUT2D eigenvalue weighted by Crippen LogP contribution is -2.58. The first-order valence-electron chi connectivity index (χ1n) is 17.1. The molecule has 0 aliphatic carbocycles. The van der Waals surface area contributed by atoms with Gasteiger partial charge in [0.2, 0.25) is 0 Å². The predicted octanol–water partition coefficient (Wildman–Crippen LogP) is -4.73. The van der Waals surface area contributed by atoms with Gasteiger partial charge in [-0.2, -0.15) is 0 Å². The number of nitrogens with one attached hydrogen (secondary N) is 2. The summed E-state index contributed by atoms with van der Waals surface area (Å²) in [7, 11) is -4.33. The molecule has 2 saturated heterocycles. The molecule has 4 unspecified atom stereocenters. The zero-order chi connectivity index (χ0) is 41.2. The number of aliphatic hydroxyl groups is 6. The highest BCUT2D eigenvalue weighted by atomic mass is 31.2. The number of aliphatic carboxylic acids is 1. The topological polar surface area (TPSA) is 364 Å². The smallest absolute Gasteiger partial charge is 0.325 e. The third-order valence-corrected chi connectivity index (χ3v) is 9.21. The summed E-state index contributed by atoms with van der Waals surface area (Å²) >= 11 is 0. The molecule has 2 aliphatic rings. The number of carbonyl (C=O) groups is 1. The Labute approximate surface area is 311 Å². The van der Waals surface area contributed by atoms with Crippen LogP contribution in [0.15, 0.2) is 19.2 Å². The van der Waals surface area contributed by atoms with E-state index in [1.54, 1.807) is 13.8 Å². The number of ether oxygens (including phenoxy) is 6. The molecule has 0 bridgehead atoms. The average Bonchev–Trinajstić information content (AvgIpc) is 3.14. The Bertz CT molecular complexity index is 1730. The number of hydrogen-bond acceptors (Lipinski definition) is 20. The first-order valence-corrected chi connectivity index (χ1v) is 18.9. The molecule has 24 heteroatoms. The highest BCUT2D eigenvalue weighted by Crippen LogP contribution is 2.37. The molecule has 0 radical (unpaired) electrons. The molecule has 4 rings (SSSR count). The van der Waals surface area contributed by atoms with Crippen LogP contribution in [0, 0.1) is 0 Å². The quantitative estimate of drug-likeness (QED) is 0.0340. The van der Waals surface area contributed by atoms with Crippen molar-refractivity contribution in [2.45, 2.75) is 94.5 Å². The van der Waals surface area contributed by atoms with Crippen LogP contribution < -0.4 is 41.8 Å². The van der Waals surface area contributed by atoms with Crippen LogP contribution >= 0.6 is 7.60 Å². The zero-order valence-corrected chi connectivity index (χ0v) is 30.6. The van der Waals surface area contributed by atoms with E-state index in [9.17, 15) is 59.2 Å². The largest absolute Gasteiger partial charge is 0.488 e. The maximum absolute atomic E-state index is 11.5. The molecule has 0 spiro atoms. The third kappa shape index (κ3) is 12.0. The highest BCUT2D eigenvalue weighted by molar-refractivity contribution is 7.51. The van der Waals surface area contributed by atoms with Gasteiger partial charge in [-0.25, -0.2) is 0 Å². The Hall–Kier alpha value is -3.42. The van der Waals surface area contributed by atoms with E-state index < -0.39 is 103 Å². The van der Waals surface area contributed by atoms with Crippen LogP contribution in [0.25, 0.3) is 0 Å². The van der Waals surface area contributed by atoms with Crippen LogP contribution in [0.3, 0.4) is 0 Å². The van der Waals surface area contributed by atoms with E-state index in [0.29, 0.717) is 0 Å². The lowest BCUT2D eigenvalue weighted by Gasteiger charge is -2.40. The second-order valence-electron chi connectivity index (χ2n) is 12.3. The summed E-state index contributed by atoms with van der Waals surface area (Å²) in [6.45, 7) is 3.73. The van der Waals surface area contributed by atoms with Crippen molar-refractivity contribution < 1.29 is 83.3 Å². The Kier molecular flexibility index (Phi) is 17.3. The van der Waals surface area contributed by atoms with Gasteiger partial charge in [-0.3, -0.25) is 28.5 Å². The lowest BCUT2D eigenvalue weighted by molar-refractivity contribution is -0.296.